The van der Waals surface area contributed by atoms with Crippen molar-refractivity contribution in [1.29, 1.82) is 0 Å². The molecular weight excluding hydrogens is 286 g/mol. The average molecular weight is 305 g/mol. The first-order chi connectivity index (χ1) is 10.5. The topological polar surface area (TPSA) is 82.9 Å². The zero-order valence-electron chi connectivity index (χ0n) is 12.7. The SMILES string of the molecule is CC(C)=CC(=O)N1CCCN1C(=O)CNC(=O)c1ccco1. The van der Waals surface area contributed by atoms with Gasteiger partial charge < -0.3 is 9.73 Å². The van der Waals surface area contributed by atoms with Crippen LogP contribution >= 0.6 is 0 Å². The van der Waals surface area contributed by atoms with Crippen molar-refractivity contribution >= 4 is 17.7 Å². The van der Waals surface area contributed by atoms with Crippen LogP contribution in [0.25, 0.3) is 0 Å². The second kappa shape index (κ2) is 6.93. The van der Waals surface area contributed by atoms with Crippen LogP contribution in [0.1, 0.15) is 30.8 Å². The third kappa shape index (κ3) is 3.75. The Morgan fingerprint density at radius 1 is 1.27 bits per heavy atom. The van der Waals surface area contributed by atoms with Gasteiger partial charge in [0.25, 0.3) is 17.7 Å². The standard InChI is InChI=1S/C15H19N3O4/c1-11(2)9-13(19)17-6-4-7-18(17)14(20)10-16-15(21)12-5-3-8-22-12/h3,5,8-9H,4,6-7,10H2,1-2H3,(H,16,21). The molecule has 0 aliphatic carbocycles. The van der Waals surface area contributed by atoms with Gasteiger partial charge in [-0.2, -0.15) is 0 Å². The first-order valence-corrected chi connectivity index (χ1v) is 7.07. The number of carbonyl (C=O) groups is 3. The molecule has 0 radical (unpaired) electrons. The summed E-state index contributed by atoms with van der Waals surface area (Å²) in [7, 11) is 0. The summed E-state index contributed by atoms with van der Waals surface area (Å²) in [6, 6.07) is 3.11. The fraction of sp³-hybridized carbons (Fsp3) is 0.400. The minimum Gasteiger partial charge on any atom is -0.459 e. The molecule has 2 rings (SSSR count). The second-order valence-electron chi connectivity index (χ2n) is 5.21. The van der Waals surface area contributed by atoms with E-state index in [1.807, 2.05) is 13.8 Å². The van der Waals surface area contributed by atoms with E-state index in [0.29, 0.717) is 13.1 Å². The highest BCUT2D eigenvalue weighted by Gasteiger charge is 2.29. The van der Waals surface area contributed by atoms with Crippen molar-refractivity contribution in [3.05, 3.63) is 35.8 Å². The van der Waals surface area contributed by atoms with Gasteiger partial charge in [-0.1, -0.05) is 5.57 Å². The molecule has 0 aromatic carbocycles. The van der Waals surface area contributed by atoms with Gasteiger partial charge in [0.2, 0.25) is 0 Å². The van der Waals surface area contributed by atoms with Gasteiger partial charge in [-0.25, -0.2) is 10.0 Å². The maximum absolute atomic E-state index is 12.2. The fourth-order valence-corrected chi connectivity index (χ4v) is 2.16. The van der Waals surface area contributed by atoms with Crippen molar-refractivity contribution in [3.63, 3.8) is 0 Å². The van der Waals surface area contributed by atoms with Crippen LogP contribution in [-0.4, -0.2) is 47.4 Å². The van der Waals surface area contributed by atoms with E-state index in [9.17, 15) is 14.4 Å². The quantitative estimate of drug-likeness (QED) is 0.840. The first kappa shape index (κ1) is 15.8. The molecule has 1 aliphatic rings. The van der Waals surface area contributed by atoms with Crippen LogP contribution in [0.4, 0.5) is 0 Å². The Kier molecular flexibility index (Phi) is 4.98. The Morgan fingerprint density at radius 2 is 2.00 bits per heavy atom. The second-order valence-corrected chi connectivity index (χ2v) is 5.21. The van der Waals surface area contributed by atoms with Gasteiger partial charge in [0.05, 0.1) is 12.8 Å². The molecule has 7 nitrogen and oxygen atoms in total. The Labute approximate surface area is 128 Å². The molecule has 0 unspecified atom stereocenters. The van der Waals surface area contributed by atoms with Crippen LogP contribution in [0.2, 0.25) is 0 Å². The molecule has 7 heteroatoms. The third-order valence-electron chi connectivity index (χ3n) is 3.13. The Bertz CT molecular complexity index is 588. The van der Waals surface area contributed by atoms with E-state index in [1.165, 1.54) is 28.4 Å². The van der Waals surface area contributed by atoms with Crippen molar-refractivity contribution < 1.29 is 18.8 Å². The number of allylic oxidation sites excluding steroid dienone is 1. The van der Waals surface area contributed by atoms with E-state index in [-0.39, 0.29) is 24.1 Å². The number of carbonyl (C=O) groups excluding carboxylic acids is 3. The number of hydrogen-bond acceptors (Lipinski definition) is 4. The lowest BCUT2D eigenvalue weighted by Crippen LogP contribution is -2.48. The van der Waals surface area contributed by atoms with Crippen molar-refractivity contribution in [1.82, 2.24) is 15.3 Å². The number of hydrazine groups is 1. The minimum atomic E-state index is -0.459. The predicted molar refractivity (Wildman–Crippen MR) is 78.5 cm³/mol. The minimum absolute atomic E-state index is 0.145. The van der Waals surface area contributed by atoms with Crippen molar-refractivity contribution in [2.45, 2.75) is 20.3 Å². The van der Waals surface area contributed by atoms with Gasteiger partial charge in [0.1, 0.15) is 0 Å². The Hall–Kier alpha value is -2.57. The third-order valence-corrected chi connectivity index (χ3v) is 3.13. The van der Waals surface area contributed by atoms with E-state index in [2.05, 4.69) is 5.32 Å². The molecule has 1 aromatic rings. The lowest BCUT2D eigenvalue weighted by atomic mass is 10.3. The number of furan rings is 1. The lowest BCUT2D eigenvalue weighted by molar-refractivity contribution is -0.154. The number of hydrogen-bond donors (Lipinski definition) is 1. The molecular formula is C15H19N3O4. The van der Waals surface area contributed by atoms with Gasteiger partial charge in [0, 0.05) is 19.2 Å². The maximum Gasteiger partial charge on any atom is 0.287 e. The number of rotatable bonds is 4. The molecule has 1 saturated heterocycles. The summed E-state index contributed by atoms with van der Waals surface area (Å²) in [5.41, 5.74) is 0.871. The summed E-state index contributed by atoms with van der Waals surface area (Å²) >= 11 is 0. The molecule has 1 aromatic heterocycles. The lowest BCUT2D eigenvalue weighted by Gasteiger charge is -2.27. The van der Waals surface area contributed by atoms with E-state index < -0.39 is 5.91 Å². The molecule has 118 valence electrons. The highest BCUT2D eigenvalue weighted by Crippen LogP contribution is 2.12. The van der Waals surface area contributed by atoms with E-state index in [4.69, 9.17) is 4.42 Å². The van der Waals surface area contributed by atoms with Gasteiger partial charge in [-0.05, 0) is 32.4 Å². The predicted octanol–water partition coefficient (Wildman–Crippen LogP) is 0.951. The van der Waals surface area contributed by atoms with Crippen LogP contribution in [0.15, 0.2) is 34.5 Å². The number of amides is 3. The Morgan fingerprint density at radius 3 is 2.64 bits per heavy atom. The molecule has 1 fully saturated rings. The van der Waals surface area contributed by atoms with E-state index in [0.717, 1.165) is 12.0 Å². The molecule has 0 spiro atoms. The number of nitrogens with zero attached hydrogens (tertiary/aromatic N) is 2. The summed E-state index contributed by atoms with van der Waals surface area (Å²) in [4.78, 5) is 36.0. The Balaban J connectivity index is 1.92. The zero-order valence-corrected chi connectivity index (χ0v) is 12.7. The van der Waals surface area contributed by atoms with Crippen LogP contribution < -0.4 is 5.32 Å². The smallest absolute Gasteiger partial charge is 0.287 e. The van der Waals surface area contributed by atoms with E-state index in [1.54, 1.807) is 6.07 Å². The molecule has 2 heterocycles. The molecule has 3 amide bonds. The molecule has 1 N–H and O–H groups in total. The van der Waals surface area contributed by atoms with Crippen molar-refractivity contribution in [2.75, 3.05) is 19.6 Å². The molecule has 1 aliphatic heterocycles. The van der Waals surface area contributed by atoms with Gasteiger partial charge in [-0.15, -0.1) is 0 Å². The summed E-state index contributed by atoms with van der Waals surface area (Å²) in [6.45, 7) is 4.43. The molecule has 0 atom stereocenters. The van der Waals surface area contributed by atoms with E-state index >= 15 is 0 Å². The zero-order chi connectivity index (χ0) is 16.1. The van der Waals surface area contributed by atoms with Crippen LogP contribution in [0.3, 0.4) is 0 Å². The maximum atomic E-state index is 12.2. The van der Waals surface area contributed by atoms with Crippen molar-refractivity contribution in [2.24, 2.45) is 0 Å². The highest BCUT2D eigenvalue weighted by atomic mass is 16.3. The normalized spacial score (nSPS) is 13.9. The average Bonchev–Trinajstić information content (AvgIpc) is 3.13. The fourth-order valence-electron chi connectivity index (χ4n) is 2.16. The summed E-state index contributed by atoms with van der Waals surface area (Å²) < 4.78 is 4.95. The van der Waals surface area contributed by atoms with Crippen molar-refractivity contribution in [3.8, 4) is 0 Å². The monoisotopic (exact) mass is 305 g/mol. The summed E-state index contributed by atoms with van der Waals surface area (Å²) in [5.74, 6) is -0.859. The van der Waals surface area contributed by atoms with Gasteiger partial charge in [0.15, 0.2) is 5.76 Å². The number of nitrogens with one attached hydrogen (secondary N) is 1. The molecule has 22 heavy (non-hydrogen) atoms. The highest BCUT2D eigenvalue weighted by molar-refractivity contribution is 5.95. The van der Waals surface area contributed by atoms with Crippen LogP contribution in [-0.2, 0) is 9.59 Å². The van der Waals surface area contributed by atoms with Crippen LogP contribution in [0.5, 0.6) is 0 Å². The summed E-state index contributed by atoms with van der Waals surface area (Å²) in [6.07, 6.45) is 3.60. The molecule has 0 bridgehead atoms. The van der Waals surface area contributed by atoms with Gasteiger partial charge >= 0.3 is 0 Å². The van der Waals surface area contributed by atoms with Crippen LogP contribution in [0, 0.1) is 0 Å². The van der Waals surface area contributed by atoms with Gasteiger partial charge in [-0.3, -0.25) is 14.4 Å². The largest absolute Gasteiger partial charge is 0.459 e. The summed E-state index contributed by atoms with van der Waals surface area (Å²) in [5, 5.41) is 5.27. The molecule has 0 saturated carbocycles. The first-order valence-electron chi connectivity index (χ1n) is 7.07.